The van der Waals surface area contributed by atoms with E-state index >= 15 is 0 Å². The van der Waals surface area contributed by atoms with Gasteiger partial charge in [0.1, 0.15) is 18.2 Å². The molecule has 10 heteroatoms. The van der Waals surface area contributed by atoms with Gasteiger partial charge in [0.25, 0.3) is 5.91 Å². The maximum Gasteiger partial charge on any atom is 0.405 e. The van der Waals surface area contributed by atoms with Crippen LogP contribution in [0.1, 0.15) is 37.0 Å². The molecule has 3 aromatic rings. The van der Waals surface area contributed by atoms with Gasteiger partial charge in [-0.1, -0.05) is 31.5 Å². The number of carbonyl (C=O) groups excluding carboxylic acids is 1. The molecule has 0 spiro atoms. The van der Waals surface area contributed by atoms with Gasteiger partial charge in [0.05, 0.1) is 10.6 Å². The lowest BCUT2D eigenvalue weighted by molar-refractivity contribution is 0.102. The molecular formula is C23H25ClN4O4S. The topological polar surface area (TPSA) is 113 Å². The molecule has 174 valence electrons. The minimum absolute atomic E-state index is 0.138. The van der Waals surface area contributed by atoms with Gasteiger partial charge in [-0.05, 0) is 54.7 Å². The number of pyridine rings is 1. The highest BCUT2D eigenvalue weighted by Crippen LogP contribution is 2.32. The highest BCUT2D eigenvalue weighted by Gasteiger charge is 2.29. The molecular weight excluding hydrogens is 464 g/mol. The van der Waals surface area contributed by atoms with Gasteiger partial charge in [-0.25, -0.2) is 14.8 Å². The lowest BCUT2D eigenvalue weighted by Gasteiger charge is -2.31. The molecule has 3 N–H and O–H groups in total. The third kappa shape index (κ3) is 6.90. The molecule has 8 nitrogen and oxygen atoms in total. The summed E-state index contributed by atoms with van der Waals surface area (Å²) in [6.07, 6.45) is 2.68. The fourth-order valence-corrected chi connectivity index (χ4v) is 4.29. The normalized spacial score (nSPS) is 12.8. The molecule has 0 aliphatic rings. The number of ether oxygens (including phenoxy) is 1. The number of carboxylic acid groups (broad SMARTS) is 1. The highest BCUT2D eigenvalue weighted by molar-refractivity contribution is 7.11. The van der Waals surface area contributed by atoms with E-state index in [1.54, 1.807) is 36.0 Å². The Labute approximate surface area is 201 Å². The Bertz CT molecular complexity index is 1120. The zero-order chi connectivity index (χ0) is 24.0. The van der Waals surface area contributed by atoms with Gasteiger partial charge in [0.15, 0.2) is 5.01 Å². The average molecular weight is 489 g/mol. The summed E-state index contributed by atoms with van der Waals surface area (Å²) in [4.78, 5) is 31.6. The van der Waals surface area contributed by atoms with Crippen LogP contribution in [0.3, 0.4) is 0 Å². The Morgan fingerprint density at radius 2 is 1.94 bits per heavy atom. The second-order valence-electron chi connectivity index (χ2n) is 8.24. The Hall–Kier alpha value is -3.17. The summed E-state index contributed by atoms with van der Waals surface area (Å²) in [7, 11) is 0. The largest absolute Gasteiger partial charge is 0.490 e. The van der Waals surface area contributed by atoms with Crippen molar-refractivity contribution in [2.24, 2.45) is 5.92 Å². The van der Waals surface area contributed by atoms with Crippen LogP contribution in [-0.2, 0) is 0 Å². The number of nitrogens with zero attached hydrogens (tertiary/aromatic N) is 2. The van der Waals surface area contributed by atoms with Gasteiger partial charge in [-0.15, -0.1) is 11.3 Å². The van der Waals surface area contributed by atoms with Crippen LogP contribution in [0.15, 0.2) is 48.1 Å². The molecule has 1 aromatic carbocycles. The monoisotopic (exact) mass is 488 g/mol. The SMILES string of the molecule is CC(C)CC(C)(COc1ccc(-c2ccnc(NC(=O)c3nccs3)c2)cc1Cl)NC(=O)O. The van der Waals surface area contributed by atoms with Crippen molar-refractivity contribution in [2.75, 3.05) is 11.9 Å². The van der Waals surface area contributed by atoms with Crippen LogP contribution in [0.4, 0.5) is 10.6 Å². The number of rotatable bonds is 9. The molecule has 1 atom stereocenters. The van der Waals surface area contributed by atoms with Crippen molar-refractivity contribution in [2.45, 2.75) is 32.7 Å². The number of benzene rings is 1. The fraction of sp³-hybridized carbons (Fsp3) is 0.304. The predicted octanol–water partition coefficient (Wildman–Crippen LogP) is 5.56. The first kappa shape index (κ1) is 24.5. The first-order valence-electron chi connectivity index (χ1n) is 10.3. The zero-order valence-corrected chi connectivity index (χ0v) is 20.0. The third-order valence-electron chi connectivity index (χ3n) is 4.71. The number of aromatic nitrogens is 2. The number of hydrogen-bond acceptors (Lipinski definition) is 6. The van der Waals surface area contributed by atoms with Crippen LogP contribution >= 0.6 is 22.9 Å². The Morgan fingerprint density at radius 3 is 2.58 bits per heavy atom. The van der Waals surface area contributed by atoms with E-state index in [1.807, 2.05) is 32.9 Å². The molecule has 3 rings (SSSR count). The van der Waals surface area contributed by atoms with E-state index in [-0.39, 0.29) is 18.4 Å². The van der Waals surface area contributed by atoms with Crippen LogP contribution in [0.2, 0.25) is 5.02 Å². The Kier molecular flexibility index (Phi) is 7.88. The van der Waals surface area contributed by atoms with Gasteiger partial charge in [0, 0.05) is 17.8 Å². The first-order valence-corrected chi connectivity index (χ1v) is 11.5. The number of nitrogens with one attached hydrogen (secondary N) is 2. The summed E-state index contributed by atoms with van der Waals surface area (Å²) >= 11 is 7.70. The predicted molar refractivity (Wildman–Crippen MR) is 129 cm³/mol. The van der Waals surface area contributed by atoms with Crippen molar-refractivity contribution >= 4 is 40.8 Å². The zero-order valence-electron chi connectivity index (χ0n) is 18.5. The van der Waals surface area contributed by atoms with E-state index < -0.39 is 11.6 Å². The molecule has 0 saturated carbocycles. The highest BCUT2D eigenvalue weighted by atomic mass is 35.5. The van der Waals surface area contributed by atoms with Gasteiger partial charge < -0.3 is 20.5 Å². The molecule has 0 fully saturated rings. The number of amides is 2. The van der Waals surface area contributed by atoms with E-state index in [0.29, 0.717) is 28.0 Å². The molecule has 0 bridgehead atoms. The molecule has 1 unspecified atom stereocenters. The molecule has 33 heavy (non-hydrogen) atoms. The Balaban J connectivity index is 1.72. The summed E-state index contributed by atoms with van der Waals surface area (Å²) in [6.45, 7) is 5.98. The van der Waals surface area contributed by atoms with Crippen molar-refractivity contribution in [3.05, 3.63) is 58.1 Å². The van der Waals surface area contributed by atoms with Gasteiger partial charge in [-0.2, -0.15) is 0 Å². The summed E-state index contributed by atoms with van der Waals surface area (Å²) < 4.78 is 5.88. The maximum atomic E-state index is 12.2. The molecule has 2 aromatic heterocycles. The summed E-state index contributed by atoms with van der Waals surface area (Å²) in [5.41, 5.74) is 0.871. The minimum Gasteiger partial charge on any atom is -0.490 e. The molecule has 0 aliphatic carbocycles. The van der Waals surface area contributed by atoms with E-state index in [1.165, 1.54) is 11.3 Å². The molecule has 2 heterocycles. The number of anilines is 1. The molecule has 2 amide bonds. The second kappa shape index (κ2) is 10.6. The van der Waals surface area contributed by atoms with E-state index in [4.69, 9.17) is 16.3 Å². The van der Waals surface area contributed by atoms with E-state index in [0.717, 1.165) is 11.1 Å². The quantitative estimate of drug-likeness (QED) is 0.363. The number of carbonyl (C=O) groups is 2. The standard InChI is InChI=1S/C23H25ClN4O4S/c1-14(2)12-23(3,28-22(30)31)13-32-18-5-4-15(10-17(18)24)16-6-7-25-19(11-16)27-20(29)21-26-8-9-33-21/h4-11,14,28H,12-13H2,1-3H3,(H,30,31)(H,25,27,29). The van der Waals surface area contributed by atoms with E-state index in [9.17, 15) is 14.7 Å². The van der Waals surface area contributed by atoms with Crippen LogP contribution in [0.25, 0.3) is 11.1 Å². The lowest BCUT2D eigenvalue weighted by atomic mass is 9.91. The van der Waals surface area contributed by atoms with Crippen LogP contribution in [0, 0.1) is 5.92 Å². The number of thiazole rings is 1. The number of hydrogen-bond donors (Lipinski definition) is 3. The van der Waals surface area contributed by atoms with Gasteiger partial charge >= 0.3 is 6.09 Å². The molecule has 0 radical (unpaired) electrons. The summed E-state index contributed by atoms with van der Waals surface area (Å²) in [6, 6.07) is 8.88. The van der Waals surface area contributed by atoms with Gasteiger partial charge in [-0.3, -0.25) is 4.79 Å². The van der Waals surface area contributed by atoms with E-state index in [2.05, 4.69) is 20.6 Å². The third-order valence-corrected chi connectivity index (χ3v) is 5.77. The maximum absolute atomic E-state index is 12.2. The number of halogens is 1. The lowest BCUT2D eigenvalue weighted by Crippen LogP contribution is -2.50. The van der Waals surface area contributed by atoms with Crippen molar-refractivity contribution in [1.82, 2.24) is 15.3 Å². The first-order chi connectivity index (χ1) is 15.6. The van der Waals surface area contributed by atoms with Crippen molar-refractivity contribution in [3.63, 3.8) is 0 Å². The van der Waals surface area contributed by atoms with Crippen LogP contribution < -0.4 is 15.4 Å². The van der Waals surface area contributed by atoms with Crippen LogP contribution in [-0.4, -0.2) is 39.2 Å². The summed E-state index contributed by atoms with van der Waals surface area (Å²) in [5.74, 6) is 0.804. The smallest absolute Gasteiger partial charge is 0.405 e. The molecule has 0 saturated heterocycles. The Morgan fingerprint density at radius 1 is 1.18 bits per heavy atom. The second-order valence-corrected chi connectivity index (χ2v) is 9.55. The van der Waals surface area contributed by atoms with Crippen molar-refractivity contribution in [1.29, 1.82) is 0 Å². The fourth-order valence-electron chi connectivity index (χ4n) is 3.52. The average Bonchev–Trinajstić information content (AvgIpc) is 3.27. The van der Waals surface area contributed by atoms with Crippen LogP contribution in [0.5, 0.6) is 5.75 Å². The van der Waals surface area contributed by atoms with Crippen molar-refractivity contribution < 1.29 is 19.4 Å². The van der Waals surface area contributed by atoms with Crippen molar-refractivity contribution in [3.8, 4) is 16.9 Å². The van der Waals surface area contributed by atoms with Gasteiger partial charge in [0.2, 0.25) is 0 Å². The summed E-state index contributed by atoms with van der Waals surface area (Å²) in [5, 5.41) is 16.9. The molecule has 0 aliphatic heterocycles. The minimum atomic E-state index is -1.10.